The van der Waals surface area contributed by atoms with Crippen LogP contribution in [0.3, 0.4) is 0 Å². The van der Waals surface area contributed by atoms with Gasteiger partial charge in [0.15, 0.2) is 11.5 Å². The van der Waals surface area contributed by atoms with Crippen molar-refractivity contribution in [3.05, 3.63) is 58.1 Å². The minimum atomic E-state index is -0.407. The lowest BCUT2D eigenvalue weighted by molar-refractivity contribution is 0.159. The topological polar surface area (TPSA) is 50.7 Å². The maximum Gasteiger partial charge on any atom is 0.179 e. The predicted octanol–water partition coefficient (Wildman–Crippen LogP) is 3.28. The number of aliphatic hydroxyl groups excluding tert-OH is 1. The van der Waals surface area contributed by atoms with Gasteiger partial charge in [-0.25, -0.2) is 0 Å². The molecule has 4 nitrogen and oxygen atoms in total. The van der Waals surface area contributed by atoms with Crippen molar-refractivity contribution in [3.8, 4) is 11.5 Å². The Morgan fingerprint density at radius 2 is 2.00 bits per heavy atom. The van der Waals surface area contributed by atoms with Crippen LogP contribution in [0.15, 0.2) is 36.4 Å². The number of aryl methyl sites for hydroxylation is 1. The fraction of sp³-hybridized carbons (Fsp3) is 0.368. The van der Waals surface area contributed by atoms with Crippen molar-refractivity contribution < 1.29 is 14.6 Å². The molecule has 0 amide bonds. The van der Waals surface area contributed by atoms with Crippen LogP contribution >= 0.6 is 11.6 Å². The molecule has 2 aromatic rings. The monoisotopic (exact) mass is 347 g/mol. The predicted molar refractivity (Wildman–Crippen MR) is 94.9 cm³/mol. The van der Waals surface area contributed by atoms with Crippen molar-refractivity contribution in [1.82, 2.24) is 5.32 Å². The van der Waals surface area contributed by atoms with Crippen LogP contribution in [0.4, 0.5) is 0 Å². The standard InChI is InChI=1S/C19H22ClNO3/c1-23-17-10-13(9-16(20)18(17)24-2)11-21-19(12-22)8-7-14-5-3-4-6-15(14)19/h3-6,9-10,21-22H,7-8,11-12H2,1-2H3. The first-order valence-electron chi connectivity index (χ1n) is 7.98. The molecule has 0 radical (unpaired) electrons. The molecule has 1 aliphatic rings. The Labute approximate surface area is 147 Å². The van der Waals surface area contributed by atoms with E-state index in [4.69, 9.17) is 21.1 Å². The summed E-state index contributed by atoms with van der Waals surface area (Å²) in [4.78, 5) is 0. The first-order chi connectivity index (χ1) is 11.6. The number of halogens is 1. The van der Waals surface area contributed by atoms with Crippen LogP contribution in [0, 0.1) is 0 Å². The zero-order valence-corrected chi connectivity index (χ0v) is 14.7. The number of fused-ring (bicyclic) bond motifs is 1. The molecule has 3 rings (SSSR count). The molecule has 1 aliphatic carbocycles. The van der Waals surface area contributed by atoms with Crippen LogP contribution in [0.25, 0.3) is 0 Å². The van der Waals surface area contributed by atoms with E-state index in [9.17, 15) is 5.11 Å². The summed E-state index contributed by atoms with van der Waals surface area (Å²) in [6.45, 7) is 0.639. The van der Waals surface area contributed by atoms with Gasteiger partial charge < -0.3 is 19.9 Å². The average molecular weight is 348 g/mol. The fourth-order valence-electron chi connectivity index (χ4n) is 3.44. The van der Waals surface area contributed by atoms with Gasteiger partial charge in [0.05, 0.1) is 31.4 Å². The van der Waals surface area contributed by atoms with Crippen molar-refractivity contribution in [3.63, 3.8) is 0 Å². The third-order valence-electron chi connectivity index (χ3n) is 4.75. The highest BCUT2D eigenvalue weighted by atomic mass is 35.5. The number of hydrogen-bond acceptors (Lipinski definition) is 4. The highest BCUT2D eigenvalue weighted by Crippen LogP contribution is 2.38. The number of hydrogen-bond donors (Lipinski definition) is 2. The van der Waals surface area contributed by atoms with Crippen LogP contribution in [0.5, 0.6) is 11.5 Å². The van der Waals surface area contributed by atoms with Crippen LogP contribution in [-0.4, -0.2) is 25.9 Å². The lowest BCUT2D eigenvalue weighted by atomic mass is 9.92. The minimum Gasteiger partial charge on any atom is -0.493 e. The lowest BCUT2D eigenvalue weighted by Gasteiger charge is -2.30. The molecule has 0 saturated heterocycles. The van der Waals surface area contributed by atoms with Gasteiger partial charge >= 0.3 is 0 Å². The van der Waals surface area contributed by atoms with Gasteiger partial charge in [-0.1, -0.05) is 35.9 Å². The molecule has 0 spiro atoms. The van der Waals surface area contributed by atoms with E-state index >= 15 is 0 Å². The zero-order valence-electron chi connectivity index (χ0n) is 13.9. The van der Waals surface area contributed by atoms with E-state index in [-0.39, 0.29) is 6.61 Å². The molecule has 24 heavy (non-hydrogen) atoms. The van der Waals surface area contributed by atoms with E-state index in [1.807, 2.05) is 24.3 Å². The second kappa shape index (κ2) is 7.01. The first-order valence-corrected chi connectivity index (χ1v) is 8.36. The summed E-state index contributed by atoms with van der Waals surface area (Å²) in [7, 11) is 3.16. The molecule has 0 heterocycles. The molecule has 5 heteroatoms. The van der Waals surface area contributed by atoms with Crippen LogP contribution < -0.4 is 14.8 Å². The first kappa shape index (κ1) is 17.1. The summed E-state index contributed by atoms with van der Waals surface area (Å²) in [6, 6.07) is 12.0. The molecular formula is C19H22ClNO3. The van der Waals surface area contributed by atoms with Crippen molar-refractivity contribution in [1.29, 1.82) is 0 Å². The average Bonchev–Trinajstić information content (AvgIpc) is 2.99. The van der Waals surface area contributed by atoms with E-state index in [1.54, 1.807) is 14.2 Å². The van der Waals surface area contributed by atoms with Gasteiger partial charge in [-0.3, -0.25) is 0 Å². The lowest BCUT2D eigenvalue weighted by Crippen LogP contribution is -2.43. The third kappa shape index (κ3) is 2.97. The Morgan fingerprint density at radius 1 is 1.21 bits per heavy atom. The zero-order chi connectivity index (χ0) is 17.2. The Kier molecular flexibility index (Phi) is 4.99. The van der Waals surface area contributed by atoms with Gasteiger partial charge in [0, 0.05) is 6.54 Å². The number of ether oxygens (including phenoxy) is 2. The molecule has 2 aromatic carbocycles. The summed E-state index contributed by atoms with van der Waals surface area (Å²) in [5, 5.41) is 14.1. The second-order valence-corrected chi connectivity index (χ2v) is 6.47. The van der Waals surface area contributed by atoms with E-state index in [0.717, 1.165) is 18.4 Å². The quantitative estimate of drug-likeness (QED) is 0.842. The molecule has 2 N–H and O–H groups in total. The summed E-state index contributed by atoms with van der Waals surface area (Å²) in [5.41, 5.74) is 3.05. The van der Waals surface area contributed by atoms with E-state index in [0.29, 0.717) is 23.1 Å². The van der Waals surface area contributed by atoms with E-state index in [2.05, 4.69) is 17.4 Å². The molecule has 0 bridgehead atoms. The Hall–Kier alpha value is -1.75. The molecule has 128 valence electrons. The van der Waals surface area contributed by atoms with E-state index in [1.165, 1.54) is 11.1 Å². The number of rotatable bonds is 6. The Bertz CT molecular complexity index is 735. The Balaban J connectivity index is 1.84. The molecule has 0 fully saturated rings. The van der Waals surface area contributed by atoms with Crippen molar-refractivity contribution in [2.45, 2.75) is 24.9 Å². The summed E-state index contributed by atoms with van der Waals surface area (Å²) >= 11 is 6.28. The SMILES string of the molecule is COc1cc(CNC2(CO)CCc3ccccc32)cc(Cl)c1OC. The van der Waals surface area contributed by atoms with Gasteiger partial charge in [-0.2, -0.15) is 0 Å². The highest BCUT2D eigenvalue weighted by molar-refractivity contribution is 6.32. The summed E-state index contributed by atoms with van der Waals surface area (Å²) in [6.07, 6.45) is 1.85. The molecular weight excluding hydrogens is 326 g/mol. The van der Waals surface area contributed by atoms with Gasteiger partial charge in [0.1, 0.15) is 0 Å². The number of methoxy groups -OCH3 is 2. The second-order valence-electron chi connectivity index (χ2n) is 6.06. The molecule has 1 atom stereocenters. The minimum absolute atomic E-state index is 0.0606. The maximum absolute atomic E-state index is 10.0. The number of nitrogens with one attached hydrogen (secondary N) is 1. The maximum atomic E-state index is 10.0. The fourth-order valence-corrected chi connectivity index (χ4v) is 3.75. The molecule has 0 aromatic heterocycles. The smallest absolute Gasteiger partial charge is 0.179 e. The molecule has 1 unspecified atom stereocenters. The van der Waals surface area contributed by atoms with Gasteiger partial charge in [0.25, 0.3) is 0 Å². The number of benzene rings is 2. The molecule has 0 aliphatic heterocycles. The number of aliphatic hydroxyl groups is 1. The largest absolute Gasteiger partial charge is 0.493 e. The van der Waals surface area contributed by atoms with Crippen LogP contribution in [0.2, 0.25) is 5.02 Å². The van der Waals surface area contributed by atoms with Crippen molar-refractivity contribution in [2.75, 3.05) is 20.8 Å². The summed E-state index contributed by atoms with van der Waals surface area (Å²) in [5.74, 6) is 1.14. The van der Waals surface area contributed by atoms with Crippen LogP contribution in [0.1, 0.15) is 23.1 Å². The van der Waals surface area contributed by atoms with Crippen molar-refractivity contribution >= 4 is 11.6 Å². The third-order valence-corrected chi connectivity index (χ3v) is 5.03. The highest BCUT2D eigenvalue weighted by Gasteiger charge is 2.37. The van der Waals surface area contributed by atoms with Crippen LogP contribution in [-0.2, 0) is 18.5 Å². The van der Waals surface area contributed by atoms with E-state index < -0.39 is 5.54 Å². The summed E-state index contributed by atoms with van der Waals surface area (Å²) < 4.78 is 10.6. The van der Waals surface area contributed by atoms with Crippen molar-refractivity contribution in [2.24, 2.45) is 0 Å². The van der Waals surface area contributed by atoms with Gasteiger partial charge in [-0.05, 0) is 41.7 Å². The normalized spacial score (nSPS) is 19.2. The molecule has 0 saturated carbocycles. The van der Waals surface area contributed by atoms with Gasteiger partial charge in [-0.15, -0.1) is 0 Å². The van der Waals surface area contributed by atoms with Gasteiger partial charge in [0.2, 0.25) is 0 Å². The Morgan fingerprint density at radius 3 is 2.71 bits per heavy atom.